The van der Waals surface area contributed by atoms with Gasteiger partial charge in [0, 0.05) is 36.8 Å². The summed E-state index contributed by atoms with van der Waals surface area (Å²) in [6.07, 6.45) is 0.366. The second kappa shape index (κ2) is 8.59. The molecule has 162 valence electrons. The van der Waals surface area contributed by atoms with Gasteiger partial charge in [-0.05, 0) is 36.2 Å². The van der Waals surface area contributed by atoms with Gasteiger partial charge in [-0.25, -0.2) is 0 Å². The number of carbonyl (C=O) groups excluding carboxylic acids is 1. The van der Waals surface area contributed by atoms with Crippen LogP contribution in [0.4, 0.5) is 5.82 Å². The third kappa shape index (κ3) is 4.03. The average Bonchev–Trinajstić information content (AvgIpc) is 3.25. The molecule has 5 rings (SSSR count). The summed E-state index contributed by atoms with van der Waals surface area (Å²) in [5, 5.41) is 14.0. The van der Waals surface area contributed by atoms with E-state index in [0.29, 0.717) is 36.0 Å². The number of aromatic nitrogens is 4. The van der Waals surface area contributed by atoms with Crippen LogP contribution in [-0.2, 0) is 11.2 Å². The molecule has 1 saturated heterocycles. The first-order valence-corrected chi connectivity index (χ1v) is 11.0. The normalized spacial score (nSPS) is 14.2. The third-order valence-corrected chi connectivity index (χ3v) is 6.24. The fraction of sp³-hybridized carbons (Fsp3) is 0.250. The Morgan fingerprint density at radius 3 is 2.50 bits per heavy atom. The van der Waals surface area contributed by atoms with E-state index in [1.807, 2.05) is 72.5 Å². The van der Waals surface area contributed by atoms with Gasteiger partial charge in [-0.1, -0.05) is 54.1 Å². The van der Waals surface area contributed by atoms with Crippen LogP contribution in [0.5, 0.6) is 0 Å². The highest BCUT2D eigenvalue weighted by molar-refractivity contribution is 6.31. The number of hydrogen-bond acceptors (Lipinski definition) is 5. The molecule has 0 aliphatic carbocycles. The van der Waals surface area contributed by atoms with E-state index in [4.69, 9.17) is 16.7 Å². The lowest BCUT2D eigenvalue weighted by Crippen LogP contribution is -2.49. The number of amides is 1. The molecule has 0 unspecified atom stereocenters. The maximum absolute atomic E-state index is 12.8. The van der Waals surface area contributed by atoms with Gasteiger partial charge in [0.2, 0.25) is 5.91 Å². The number of nitrogens with zero attached hydrogens (tertiary/aromatic N) is 6. The third-order valence-electron chi connectivity index (χ3n) is 5.83. The Morgan fingerprint density at radius 2 is 1.75 bits per heavy atom. The van der Waals surface area contributed by atoms with Crippen LogP contribution >= 0.6 is 11.6 Å². The average molecular weight is 447 g/mol. The smallest absolute Gasteiger partial charge is 0.227 e. The van der Waals surface area contributed by atoms with E-state index in [2.05, 4.69) is 15.1 Å². The second-order valence-electron chi connectivity index (χ2n) is 7.98. The van der Waals surface area contributed by atoms with Crippen molar-refractivity contribution in [3.8, 4) is 11.4 Å². The first-order valence-electron chi connectivity index (χ1n) is 10.6. The zero-order valence-electron chi connectivity index (χ0n) is 17.8. The number of hydrogen-bond donors (Lipinski definition) is 0. The van der Waals surface area contributed by atoms with E-state index in [1.54, 1.807) is 4.52 Å². The SMILES string of the molecule is Cc1ccc(CC(=O)N2CCN(c3ccc4nnc(-c5ccccc5)n4n3)CC2)cc1Cl. The van der Waals surface area contributed by atoms with Gasteiger partial charge < -0.3 is 9.80 Å². The summed E-state index contributed by atoms with van der Waals surface area (Å²) in [6, 6.07) is 19.6. The Kier molecular flexibility index (Phi) is 5.49. The molecular formula is C24H23ClN6O. The number of aryl methyl sites for hydroxylation is 1. The predicted octanol–water partition coefficient (Wildman–Crippen LogP) is 3.64. The van der Waals surface area contributed by atoms with Crippen molar-refractivity contribution >= 4 is 29.0 Å². The number of benzene rings is 2. The minimum absolute atomic E-state index is 0.123. The molecule has 0 N–H and O–H groups in total. The minimum atomic E-state index is 0.123. The lowest BCUT2D eigenvalue weighted by Gasteiger charge is -2.35. The summed E-state index contributed by atoms with van der Waals surface area (Å²) in [4.78, 5) is 16.9. The van der Waals surface area contributed by atoms with Gasteiger partial charge in [-0.3, -0.25) is 4.79 Å². The standard InChI is InChI=1S/C24H23ClN6O/c1-17-7-8-18(15-20(17)25)16-23(32)30-13-11-29(12-14-30)22-10-9-21-26-27-24(31(21)28-22)19-5-3-2-4-6-19/h2-10,15H,11-14,16H2,1H3. The van der Waals surface area contributed by atoms with Gasteiger partial charge in [0.25, 0.3) is 0 Å². The van der Waals surface area contributed by atoms with E-state index in [9.17, 15) is 4.79 Å². The van der Waals surface area contributed by atoms with Gasteiger partial charge in [-0.2, -0.15) is 4.52 Å². The molecule has 1 amide bonds. The summed E-state index contributed by atoms with van der Waals surface area (Å²) < 4.78 is 1.78. The van der Waals surface area contributed by atoms with Gasteiger partial charge in [0.1, 0.15) is 5.82 Å². The van der Waals surface area contributed by atoms with Crippen molar-refractivity contribution in [1.82, 2.24) is 24.7 Å². The Morgan fingerprint density at radius 1 is 0.969 bits per heavy atom. The number of fused-ring (bicyclic) bond motifs is 1. The molecule has 1 fully saturated rings. The van der Waals surface area contributed by atoms with Crippen LogP contribution in [0.3, 0.4) is 0 Å². The first kappa shape index (κ1) is 20.5. The lowest BCUT2D eigenvalue weighted by molar-refractivity contribution is -0.130. The molecule has 1 aliphatic rings. The van der Waals surface area contributed by atoms with Gasteiger partial charge in [-0.15, -0.1) is 15.3 Å². The van der Waals surface area contributed by atoms with Crippen molar-refractivity contribution < 1.29 is 4.79 Å². The number of carbonyl (C=O) groups is 1. The Bertz CT molecular complexity index is 1260. The summed E-state index contributed by atoms with van der Waals surface area (Å²) in [5.74, 6) is 1.69. The molecule has 3 heterocycles. The zero-order valence-corrected chi connectivity index (χ0v) is 18.5. The van der Waals surface area contributed by atoms with Crippen LogP contribution in [0.1, 0.15) is 11.1 Å². The van der Waals surface area contributed by atoms with Crippen LogP contribution in [0.15, 0.2) is 60.7 Å². The van der Waals surface area contributed by atoms with Crippen molar-refractivity contribution in [1.29, 1.82) is 0 Å². The highest BCUT2D eigenvalue weighted by atomic mass is 35.5. The van der Waals surface area contributed by atoms with Crippen molar-refractivity contribution in [3.05, 3.63) is 76.8 Å². The number of piperazine rings is 1. The Balaban J connectivity index is 1.27. The molecule has 8 heteroatoms. The fourth-order valence-corrected chi connectivity index (χ4v) is 4.14. The maximum Gasteiger partial charge on any atom is 0.227 e. The second-order valence-corrected chi connectivity index (χ2v) is 8.39. The fourth-order valence-electron chi connectivity index (χ4n) is 3.93. The summed E-state index contributed by atoms with van der Waals surface area (Å²) >= 11 is 6.20. The minimum Gasteiger partial charge on any atom is -0.352 e. The van der Waals surface area contributed by atoms with E-state index in [0.717, 1.165) is 35.6 Å². The molecule has 2 aromatic heterocycles. The van der Waals surface area contributed by atoms with Gasteiger partial charge in [0.05, 0.1) is 6.42 Å². The summed E-state index contributed by atoms with van der Waals surface area (Å²) in [5.41, 5.74) is 3.64. The van der Waals surface area contributed by atoms with Gasteiger partial charge in [0.15, 0.2) is 11.5 Å². The molecule has 2 aromatic carbocycles. The van der Waals surface area contributed by atoms with Crippen molar-refractivity contribution in [2.75, 3.05) is 31.1 Å². The first-order chi connectivity index (χ1) is 15.6. The molecule has 0 saturated carbocycles. The maximum atomic E-state index is 12.8. The largest absolute Gasteiger partial charge is 0.352 e. The lowest BCUT2D eigenvalue weighted by atomic mass is 10.1. The van der Waals surface area contributed by atoms with Crippen LogP contribution in [0.2, 0.25) is 5.02 Å². The van der Waals surface area contributed by atoms with Gasteiger partial charge >= 0.3 is 0 Å². The Hall–Kier alpha value is -3.45. The molecule has 0 atom stereocenters. The zero-order chi connectivity index (χ0) is 22.1. The van der Waals surface area contributed by atoms with E-state index in [-0.39, 0.29) is 5.91 Å². The van der Waals surface area contributed by atoms with Crippen molar-refractivity contribution in [3.63, 3.8) is 0 Å². The summed E-state index contributed by atoms with van der Waals surface area (Å²) in [6.45, 7) is 4.72. The van der Waals surface area contributed by atoms with Crippen molar-refractivity contribution in [2.24, 2.45) is 0 Å². The quantitative estimate of drug-likeness (QED) is 0.478. The molecule has 1 aliphatic heterocycles. The predicted molar refractivity (Wildman–Crippen MR) is 125 cm³/mol. The molecule has 0 spiro atoms. The number of halogens is 1. The summed E-state index contributed by atoms with van der Waals surface area (Å²) in [7, 11) is 0. The molecular weight excluding hydrogens is 424 g/mol. The monoisotopic (exact) mass is 446 g/mol. The van der Waals surface area contributed by atoms with E-state index in [1.165, 1.54) is 0 Å². The number of anilines is 1. The highest BCUT2D eigenvalue weighted by Gasteiger charge is 2.23. The molecule has 7 nitrogen and oxygen atoms in total. The van der Waals surface area contributed by atoms with Crippen molar-refractivity contribution in [2.45, 2.75) is 13.3 Å². The molecule has 0 bridgehead atoms. The van der Waals surface area contributed by atoms with Crippen LogP contribution in [0, 0.1) is 6.92 Å². The molecule has 32 heavy (non-hydrogen) atoms. The number of rotatable bonds is 4. The topological polar surface area (TPSA) is 66.6 Å². The van der Waals surface area contributed by atoms with E-state index < -0.39 is 0 Å². The highest BCUT2D eigenvalue weighted by Crippen LogP contribution is 2.21. The Labute approximate surface area is 191 Å². The van der Waals surface area contributed by atoms with Crippen LogP contribution < -0.4 is 4.90 Å². The van der Waals surface area contributed by atoms with E-state index >= 15 is 0 Å². The van der Waals surface area contributed by atoms with Crippen LogP contribution in [-0.4, -0.2) is 56.8 Å². The molecule has 4 aromatic rings. The van der Waals surface area contributed by atoms with Crippen LogP contribution in [0.25, 0.3) is 17.0 Å². The molecule has 0 radical (unpaired) electrons.